The number of rotatable bonds is 4. The van der Waals surface area contributed by atoms with Crippen LogP contribution in [0.4, 0.5) is 5.69 Å². The van der Waals surface area contributed by atoms with E-state index in [0.717, 1.165) is 40.7 Å². The molecule has 3 aromatic rings. The molecular weight excluding hydrogens is 406 g/mol. The van der Waals surface area contributed by atoms with Gasteiger partial charge in [-0.3, -0.25) is 9.59 Å². The highest BCUT2D eigenvalue weighted by molar-refractivity contribution is 7.18. The van der Waals surface area contributed by atoms with Crippen LogP contribution in [0.5, 0.6) is 0 Å². The van der Waals surface area contributed by atoms with Gasteiger partial charge in [-0.15, -0.1) is 11.3 Å². The van der Waals surface area contributed by atoms with Crippen molar-refractivity contribution < 1.29 is 4.79 Å². The highest BCUT2D eigenvalue weighted by Crippen LogP contribution is 2.41. The molecule has 2 N–H and O–H groups in total. The van der Waals surface area contributed by atoms with Gasteiger partial charge in [-0.2, -0.15) is 0 Å². The van der Waals surface area contributed by atoms with E-state index < -0.39 is 0 Å². The Labute approximate surface area is 187 Å². The number of aromatic nitrogens is 2. The summed E-state index contributed by atoms with van der Waals surface area (Å²) in [6.07, 6.45) is 3.77. The van der Waals surface area contributed by atoms with Crippen LogP contribution in [0.15, 0.2) is 23.0 Å². The molecule has 2 aromatic heterocycles. The zero-order valence-electron chi connectivity index (χ0n) is 19.0. The lowest BCUT2D eigenvalue weighted by atomic mass is 9.72. The van der Waals surface area contributed by atoms with Crippen LogP contribution < -0.4 is 10.9 Å². The van der Waals surface area contributed by atoms with Gasteiger partial charge in [0.1, 0.15) is 10.7 Å². The second kappa shape index (κ2) is 8.23. The molecule has 6 heteroatoms. The number of thiophene rings is 1. The summed E-state index contributed by atoms with van der Waals surface area (Å²) in [6, 6.07) is 5.88. The molecule has 0 fully saturated rings. The number of hydrogen-bond acceptors (Lipinski definition) is 4. The van der Waals surface area contributed by atoms with E-state index in [1.165, 1.54) is 16.0 Å². The van der Waals surface area contributed by atoms with Crippen molar-refractivity contribution >= 4 is 33.1 Å². The minimum atomic E-state index is -0.0792. The number of carbonyl (C=O) groups excluding carboxylic acids is 1. The summed E-state index contributed by atoms with van der Waals surface area (Å²) in [5.74, 6) is 1.13. The number of fused-ring (bicyclic) bond motifs is 3. The topological polar surface area (TPSA) is 74.8 Å². The SMILES string of the molecule is Cc1ccc(NC(=O)CCc2nc3sc4c(c3c(=O)[nH]2)CC[C@@H](C(C)(C)C)C4)cc1C. The lowest BCUT2D eigenvalue weighted by molar-refractivity contribution is -0.116. The van der Waals surface area contributed by atoms with E-state index in [0.29, 0.717) is 18.2 Å². The monoisotopic (exact) mass is 437 g/mol. The summed E-state index contributed by atoms with van der Waals surface area (Å²) in [5.41, 5.74) is 4.52. The van der Waals surface area contributed by atoms with Crippen LogP contribution >= 0.6 is 11.3 Å². The molecule has 0 saturated heterocycles. The second-order valence-corrected chi connectivity index (χ2v) is 10.9. The Morgan fingerprint density at radius 2 is 2.03 bits per heavy atom. The average molecular weight is 438 g/mol. The first-order chi connectivity index (χ1) is 14.6. The summed E-state index contributed by atoms with van der Waals surface area (Å²) < 4.78 is 0. The maximum absolute atomic E-state index is 12.8. The molecule has 1 aromatic carbocycles. The maximum atomic E-state index is 12.8. The van der Waals surface area contributed by atoms with Gasteiger partial charge in [-0.25, -0.2) is 4.98 Å². The van der Waals surface area contributed by atoms with Gasteiger partial charge in [-0.1, -0.05) is 26.8 Å². The van der Waals surface area contributed by atoms with E-state index in [1.807, 2.05) is 32.0 Å². The summed E-state index contributed by atoms with van der Waals surface area (Å²) in [6.45, 7) is 11.0. The number of amides is 1. The van der Waals surface area contributed by atoms with Crippen molar-refractivity contribution in [3.05, 3.63) is 55.9 Å². The minimum Gasteiger partial charge on any atom is -0.326 e. The van der Waals surface area contributed by atoms with E-state index in [2.05, 4.69) is 31.1 Å². The Bertz CT molecular complexity index is 1200. The molecule has 31 heavy (non-hydrogen) atoms. The number of nitrogens with one attached hydrogen (secondary N) is 2. The average Bonchev–Trinajstić information content (AvgIpc) is 3.06. The van der Waals surface area contributed by atoms with Crippen molar-refractivity contribution in [2.45, 2.75) is 66.7 Å². The van der Waals surface area contributed by atoms with Gasteiger partial charge in [0.05, 0.1) is 5.39 Å². The Balaban J connectivity index is 1.48. The Morgan fingerprint density at radius 1 is 1.26 bits per heavy atom. The number of H-pyrrole nitrogens is 1. The molecule has 4 rings (SSSR count). The number of anilines is 1. The van der Waals surface area contributed by atoms with Crippen molar-refractivity contribution in [1.82, 2.24) is 9.97 Å². The first-order valence-corrected chi connectivity index (χ1v) is 11.8. The predicted octanol–water partition coefficient (Wildman–Crippen LogP) is 5.32. The Kier molecular flexibility index (Phi) is 5.77. The number of carbonyl (C=O) groups is 1. The molecule has 1 aliphatic rings. The van der Waals surface area contributed by atoms with Crippen LogP contribution in [0.1, 0.15) is 61.0 Å². The normalized spacial score (nSPS) is 16.4. The van der Waals surface area contributed by atoms with Gasteiger partial charge in [-0.05, 0) is 73.3 Å². The van der Waals surface area contributed by atoms with Crippen LogP contribution in [0.25, 0.3) is 10.2 Å². The highest BCUT2D eigenvalue weighted by atomic mass is 32.1. The molecule has 1 amide bonds. The molecule has 0 saturated carbocycles. The van der Waals surface area contributed by atoms with Crippen LogP contribution in [0.2, 0.25) is 0 Å². The fourth-order valence-corrected chi connectivity index (χ4v) is 5.68. The van der Waals surface area contributed by atoms with Gasteiger partial charge >= 0.3 is 0 Å². The number of nitrogens with zero attached hydrogens (tertiary/aromatic N) is 1. The molecule has 0 bridgehead atoms. The Morgan fingerprint density at radius 3 is 2.74 bits per heavy atom. The molecule has 0 aliphatic heterocycles. The second-order valence-electron chi connectivity index (χ2n) is 9.85. The number of aromatic amines is 1. The molecule has 1 atom stereocenters. The molecule has 2 heterocycles. The third kappa shape index (κ3) is 4.59. The van der Waals surface area contributed by atoms with Crippen molar-refractivity contribution in [2.75, 3.05) is 5.32 Å². The molecule has 1 aliphatic carbocycles. The van der Waals surface area contributed by atoms with E-state index in [9.17, 15) is 9.59 Å². The lowest BCUT2D eigenvalue weighted by Crippen LogP contribution is -2.26. The van der Waals surface area contributed by atoms with Gasteiger partial charge < -0.3 is 10.3 Å². The predicted molar refractivity (Wildman–Crippen MR) is 128 cm³/mol. The largest absolute Gasteiger partial charge is 0.326 e. The summed E-state index contributed by atoms with van der Waals surface area (Å²) in [4.78, 5) is 35.0. The maximum Gasteiger partial charge on any atom is 0.259 e. The summed E-state index contributed by atoms with van der Waals surface area (Å²) in [5, 5.41) is 3.69. The van der Waals surface area contributed by atoms with Crippen LogP contribution in [-0.2, 0) is 24.1 Å². The highest BCUT2D eigenvalue weighted by Gasteiger charge is 2.31. The van der Waals surface area contributed by atoms with Gasteiger partial charge in [0.25, 0.3) is 5.56 Å². The Hall–Kier alpha value is -2.47. The van der Waals surface area contributed by atoms with Gasteiger partial charge in [0, 0.05) is 23.4 Å². The van der Waals surface area contributed by atoms with Crippen LogP contribution in [-0.4, -0.2) is 15.9 Å². The minimum absolute atomic E-state index is 0.0683. The molecule has 0 radical (unpaired) electrons. The standard InChI is InChI=1S/C25H31N3O2S/c1-14-6-8-17(12-15(14)2)26-21(29)11-10-20-27-23(30)22-18-9-7-16(25(3,4)5)13-19(18)31-24(22)28-20/h6,8,12,16H,7,9-11,13H2,1-5H3,(H,26,29)(H,27,28,30)/t16-/m1/s1. The summed E-state index contributed by atoms with van der Waals surface area (Å²) in [7, 11) is 0. The van der Waals surface area contributed by atoms with Gasteiger partial charge in [0.15, 0.2) is 0 Å². The lowest BCUT2D eigenvalue weighted by Gasteiger charge is -2.33. The van der Waals surface area contributed by atoms with E-state index in [4.69, 9.17) is 4.98 Å². The fourth-order valence-electron chi connectivity index (χ4n) is 4.36. The molecule has 5 nitrogen and oxygen atoms in total. The number of aryl methyl sites for hydroxylation is 4. The zero-order valence-corrected chi connectivity index (χ0v) is 19.8. The molecule has 0 unspecified atom stereocenters. The zero-order chi connectivity index (χ0) is 22.3. The third-order valence-corrected chi connectivity index (χ3v) is 7.72. The summed E-state index contributed by atoms with van der Waals surface area (Å²) >= 11 is 1.66. The third-order valence-electron chi connectivity index (χ3n) is 6.57. The number of benzene rings is 1. The first-order valence-electron chi connectivity index (χ1n) is 11.0. The van der Waals surface area contributed by atoms with Crippen molar-refractivity contribution in [1.29, 1.82) is 0 Å². The number of hydrogen-bond donors (Lipinski definition) is 2. The first kappa shape index (κ1) is 21.8. The van der Waals surface area contributed by atoms with Gasteiger partial charge in [0.2, 0.25) is 5.91 Å². The van der Waals surface area contributed by atoms with Crippen molar-refractivity contribution in [2.24, 2.45) is 11.3 Å². The van der Waals surface area contributed by atoms with Crippen molar-refractivity contribution in [3.8, 4) is 0 Å². The quantitative estimate of drug-likeness (QED) is 0.580. The van der Waals surface area contributed by atoms with Crippen LogP contribution in [0.3, 0.4) is 0 Å². The molecular formula is C25H31N3O2S. The fraction of sp³-hybridized carbons (Fsp3) is 0.480. The van der Waals surface area contributed by atoms with Crippen LogP contribution in [0, 0.1) is 25.2 Å². The molecule has 0 spiro atoms. The van der Waals surface area contributed by atoms with E-state index >= 15 is 0 Å². The van der Waals surface area contributed by atoms with E-state index in [1.54, 1.807) is 11.3 Å². The smallest absolute Gasteiger partial charge is 0.259 e. The van der Waals surface area contributed by atoms with Crippen molar-refractivity contribution in [3.63, 3.8) is 0 Å². The van der Waals surface area contributed by atoms with E-state index in [-0.39, 0.29) is 23.3 Å². The molecule has 164 valence electrons.